The van der Waals surface area contributed by atoms with Crippen LogP contribution in [0.15, 0.2) is 48.5 Å². The molecule has 4 rings (SSSR count). The van der Waals surface area contributed by atoms with Gasteiger partial charge in [-0.3, -0.25) is 14.4 Å². The first kappa shape index (κ1) is 17.1. The quantitative estimate of drug-likeness (QED) is 0.757. The molecular weight excluding hydrogens is 344 g/mol. The molecule has 2 aliphatic rings. The summed E-state index contributed by atoms with van der Waals surface area (Å²) in [7, 11) is 0. The molecule has 0 saturated heterocycles. The Hall–Kier alpha value is -3.35. The highest BCUT2D eigenvalue weighted by atomic mass is 16.2. The first-order chi connectivity index (χ1) is 13.1. The number of rotatable bonds is 5. The van der Waals surface area contributed by atoms with E-state index in [1.54, 1.807) is 35.2 Å². The van der Waals surface area contributed by atoms with E-state index in [0.29, 0.717) is 16.9 Å². The minimum atomic E-state index is -0.286. The highest BCUT2D eigenvalue weighted by Gasteiger charge is 2.26. The van der Waals surface area contributed by atoms with Gasteiger partial charge in [-0.25, -0.2) is 0 Å². The number of carbonyl (C=O) groups is 3. The first-order valence-corrected chi connectivity index (χ1v) is 8.94. The first-order valence-electron chi connectivity index (χ1n) is 8.94. The van der Waals surface area contributed by atoms with Gasteiger partial charge in [-0.15, -0.1) is 0 Å². The number of nitrogens with one attached hydrogen (secondary N) is 3. The Morgan fingerprint density at radius 3 is 2.63 bits per heavy atom. The van der Waals surface area contributed by atoms with Crippen molar-refractivity contribution in [2.75, 3.05) is 28.6 Å². The summed E-state index contributed by atoms with van der Waals surface area (Å²) in [6.45, 7) is 0.122. The molecule has 1 heterocycles. The second-order valence-corrected chi connectivity index (χ2v) is 6.76. The fraction of sp³-hybridized carbons (Fsp3) is 0.250. The minimum absolute atomic E-state index is 0.0169. The van der Waals surface area contributed by atoms with Crippen molar-refractivity contribution in [3.05, 3.63) is 54.1 Å². The van der Waals surface area contributed by atoms with Crippen LogP contribution >= 0.6 is 0 Å². The van der Waals surface area contributed by atoms with E-state index in [4.69, 9.17) is 0 Å². The van der Waals surface area contributed by atoms with Crippen molar-refractivity contribution >= 4 is 34.8 Å². The summed E-state index contributed by atoms with van der Waals surface area (Å²) in [4.78, 5) is 38.6. The molecule has 0 spiro atoms. The van der Waals surface area contributed by atoms with Gasteiger partial charge in [0.1, 0.15) is 0 Å². The van der Waals surface area contributed by atoms with E-state index in [2.05, 4.69) is 16.0 Å². The Kier molecular flexibility index (Phi) is 4.50. The maximum atomic E-state index is 12.6. The molecule has 7 heteroatoms. The van der Waals surface area contributed by atoms with E-state index in [0.717, 1.165) is 18.5 Å². The monoisotopic (exact) mass is 364 g/mol. The van der Waals surface area contributed by atoms with Crippen molar-refractivity contribution < 1.29 is 14.4 Å². The molecular formula is C20H20N4O3. The van der Waals surface area contributed by atoms with Gasteiger partial charge in [0.2, 0.25) is 11.8 Å². The van der Waals surface area contributed by atoms with E-state index in [-0.39, 0.29) is 36.9 Å². The number of hydrogen-bond acceptors (Lipinski definition) is 4. The van der Waals surface area contributed by atoms with Gasteiger partial charge >= 0.3 is 0 Å². The smallest absolute Gasteiger partial charge is 0.253 e. The second-order valence-electron chi connectivity index (χ2n) is 6.76. The van der Waals surface area contributed by atoms with Crippen LogP contribution in [0.4, 0.5) is 17.1 Å². The normalized spacial score (nSPS) is 15.6. The zero-order valence-corrected chi connectivity index (χ0v) is 14.7. The van der Waals surface area contributed by atoms with Crippen molar-refractivity contribution in [3.63, 3.8) is 0 Å². The zero-order chi connectivity index (χ0) is 18.8. The summed E-state index contributed by atoms with van der Waals surface area (Å²) in [5, 5.41) is 8.53. The molecule has 0 bridgehead atoms. The minimum Gasteiger partial charge on any atom is -0.351 e. The van der Waals surface area contributed by atoms with E-state index in [1.165, 1.54) is 0 Å². The summed E-state index contributed by atoms with van der Waals surface area (Å²) >= 11 is 0. The molecule has 0 radical (unpaired) electrons. The van der Waals surface area contributed by atoms with Gasteiger partial charge in [-0.1, -0.05) is 24.3 Å². The molecule has 0 aromatic heterocycles. The average molecular weight is 364 g/mol. The number of hydrogen-bond donors (Lipinski definition) is 3. The average Bonchev–Trinajstić information content (AvgIpc) is 3.46. The third-order valence-corrected chi connectivity index (χ3v) is 4.55. The number of fused-ring (bicyclic) bond motifs is 1. The van der Waals surface area contributed by atoms with Crippen molar-refractivity contribution in [3.8, 4) is 0 Å². The van der Waals surface area contributed by atoms with Crippen LogP contribution in [-0.2, 0) is 9.59 Å². The SMILES string of the molecule is O=C(CN1CC(=O)Nc2ccccc21)Nc1ccccc1C(=O)NC1CC1. The Balaban J connectivity index is 1.47. The van der Waals surface area contributed by atoms with Crippen molar-refractivity contribution in [2.45, 2.75) is 18.9 Å². The van der Waals surface area contributed by atoms with Gasteiger partial charge in [-0.05, 0) is 37.1 Å². The lowest BCUT2D eigenvalue weighted by atomic mass is 10.1. The van der Waals surface area contributed by atoms with Crippen LogP contribution < -0.4 is 20.9 Å². The highest BCUT2D eigenvalue weighted by Crippen LogP contribution is 2.28. The number of para-hydroxylation sites is 3. The van der Waals surface area contributed by atoms with E-state index < -0.39 is 0 Å². The lowest BCUT2D eigenvalue weighted by molar-refractivity contribution is -0.115. The Labute approximate surface area is 156 Å². The summed E-state index contributed by atoms with van der Waals surface area (Å²) in [6, 6.07) is 14.5. The molecule has 0 atom stereocenters. The van der Waals surface area contributed by atoms with Gasteiger partial charge in [0.05, 0.1) is 35.7 Å². The molecule has 1 aliphatic carbocycles. The fourth-order valence-corrected chi connectivity index (χ4v) is 3.09. The fourth-order valence-electron chi connectivity index (χ4n) is 3.09. The second kappa shape index (κ2) is 7.11. The van der Waals surface area contributed by atoms with Crippen LogP contribution in [0.2, 0.25) is 0 Å². The standard InChI is InChI=1S/C20H20N4O3/c25-18(11-24-12-19(26)23-16-7-3-4-8-17(16)24)22-15-6-2-1-5-14(15)20(27)21-13-9-10-13/h1-8,13H,9-12H2,(H,21,27)(H,22,25)(H,23,26). The van der Waals surface area contributed by atoms with Crippen molar-refractivity contribution in [1.29, 1.82) is 0 Å². The molecule has 138 valence electrons. The maximum absolute atomic E-state index is 12.6. The molecule has 7 nitrogen and oxygen atoms in total. The van der Waals surface area contributed by atoms with Gasteiger partial charge in [0.15, 0.2) is 0 Å². The Bertz CT molecular complexity index is 908. The third-order valence-electron chi connectivity index (χ3n) is 4.55. The third kappa shape index (κ3) is 3.92. The van der Waals surface area contributed by atoms with Gasteiger partial charge in [0, 0.05) is 6.04 Å². The van der Waals surface area contributed by atoms with Crippen LogP contribution in [0.25, 0.3) is 0 Å². The number of nitrogens with zero attached hydrogens (tertiary/aromatic N) is 1. The molecule has 1 fully saturated rings. The molecule has 2 aromatic rings. The summed E-state index contributed by atoms with van der Waals surface area (Å²) in [5.41, 5.74) is 2.39. The number of amides is 3. The lowest BCUT2D eigenvalue weighted by Crippen LogP contribution is -2.42. The predicted molar refractivity (Wildman–Crippen MR) is 103 cm³/mol. The summed E-state index contributed by atoms with van der Waals surface area (Å²) in [6.07, 6.45) is 1.99. The Morgan fingerprint density at radius 1 is 1.07 bits per heavy atom. The number of anilines is 3. The molecule has 3 N–H and O–H groups in total. The highest BCUT2D eigenvalue weighted by molar-refractivity contribution is 6.06. The largest absolute Gasteiger partial charge is 0.351 e. The number of carbonyl (C=O) groups excluding carboxylic acids is 3. The molecule has 0 unspecified atom stereocenters. The summed E-state index contributed by atoms with van der Waals surface area (Å²) < 4.78 is 0. The molecule has 27 heavy (non-hydrogen) atoms. The Morgan fingerprint density at radius 2 is 1.81 bits per heavy atom. The van der Waals surface area contributed by atoms with Crippen LogP contribution in [-0.4, -0.2) is 36.9 Å². The van der Waals surface area contributed by atoms with Gasteiger partial charge < -0.3 is 20.9 Å². The summed E-state index contributed by atoms with van der Waals surface area (Å²) in [5.74, 6) is -0.631. The van der Waals surface area contributed by atoms with Crippen LogP contribution in [0, 0.1) is 0 Å². The van der Waals surface area contributed by atoms with Crippen LogP contribution in [0.3, 0.4) is 0 Å². The molecule has 1 saturated carbocycles. The molecule has 1 aliphatic heterocycles. The van der Waals surface area contributed by atoms with Gasteiger partial charge in [-0.2, -0.15) is 0 Å². The number of benzene rings is 2. The molecule has 3 amide bonds. The topological polar surface area (TPSA) is 90.5 Å². The van der Waals surface area contributed by atoms with Crippen molar-refractivity contribution in [1.82, 2.24) is 5.32 Å². The molecule has 2 aromatic carbocycles. The van der Waals surface area contributed by atoms with E-state index >= 15 is 0 Å². The van der Waals surface area contributed by atoms with Crippen molar-refractivity contribution in [2.24, 2.45) is 0 Å². The maximum Gasteiger partial charge on any atom is 0.253 e. The van der Waals surface area contributed by atoms with E-state index in [9.17, 15) is 14.4 Å². The van der Waals surface area contributed by atoms with Crippen LogP contribution in [0.1, 0.15) is 23.2 Å². The van der Waals surface area contributed by atoms with Crippen LogP contribution in [0.5, 0.6) is 0 Å². The lowest BCUT2D eigenvalue weighted by Gasteiger charge is -2.30. The predicted octanol–water partition coefficient (Wildman–Crippen LogP) is 1.98. The van der Waals surface area contributed by atoms with E-state index in [1.807, 2.05) is 18.2 Å². The zero-order valence-electron chi connectivity index (χ0n) is 14.7. The van der Waals surface area contributed by atoms with Gasteiger partial charge in [0.25, 0.3) is 5.91 Å².